The van der Waals surface area contributed by atoms with E-state index in [0.717, 1.165) is 5.56 Å². The number of benzene rings is 2. The van der Waals surface area contributed by atoms with E-state index in [-0.39, 0.29) is 17.3 Å². The van der Waals surface area contributed by atoms with Gasteiger partial charge in [-0.25, -0.2) is 8.42 Å². The van der Waals surface area contributed by atoms with Gasteiger partial charge in [0.25, 0.3) is 0 Å². The molecule has 0 aliphatic carbocycles. The molecule has 2 aromatic carbocycles. The number of halogens is 1. The second kappa shape index (κ2) is 6.63. The van der Waals surface area contributed by atoms with Crippen LogP contribution in [0.4, 0.5) is 5.69 Å². The van der Waals surface area contributed by atoms with Gasteiger partial charge in [0.1, 0.15) is 5.75 Å². The number of rotatable bonds is 4. The standard InChI is InChI=1S/C17H18ClNO4S/c18-13-4-1-3-12(7-13)9-19(14-5-2-6-15(20)8-14)16-10-24(22,23)11-17(16)21/h1-8,16-17,20-21H,9-11H2/t16-,17-/m1/s1. The summed E-state index contributed by atoms with van der Waals surface area (Å²) in [4.78, 5) is 1.81. The minimum atomic E-state index is -3.29. The van der Waals surface area contributed by atoms with Crippen molar-refractivity contribution in [3.8, 4) is 5.75 Å². The molecule has 7 heteroatoms. The number of hydrogen-bond acceptors (Lipinski definition) is 5. The first kappa shape index (κ1) is 17.1. The normalized spacial score (nSPS) is 22.4. The molecule has 1 aliphatic heterocycles. The molecule has 1 fully saturated rings. The first-order chi connectivity index (χ1) is 11.3. The van der Waals surface area contributed by atoms with E-state index >= 15 is 0 Å². The Labute approximate surface area is 146 Å². The van der Waals surface area contributed by atoms with Crippen molar-refractivity contribution < 1.29 is 18.6 Å². The van der Waals surface area contributed by atoms with E-state index in [1.807, 2.05) is 12.1 Å². The van der Waals surface area contributed by atoms with Crippen LogP contribution in [-0.2, 0) is 16.4 Å². The molecule has 24 heavy (non-hydrogen) atoms. The molecule has 2 aromatic rings. The van der Waals surface area contributed by atoms with Crippen molar-refractivity contribution in [3.05, 3.63) is 59.1 Å². The molecule has 1 heterocycles. The van der Waals surface area contributed by atoms with Crippen LogP contribution < -0.4 is 4.90 Å². The van der Waals surface area contributed by atoms with E-state index in [9.17, 15) is 18.6 Å². The van der Waals surface area contributed by atoms with Crippen LogP contribution in [0.3, 0.4) is 0 Å². The Bertz CT molecular complexity index is 840. The van der Waals surface area contributed by atoms with E-state index in [2.05, 4.69) is 0 Å². The van der Waals surface area contributed by atoms with Gasteiger partial charge in [-0.2, -0.15) is 0 Å². The number of aliphatic hydroxyl groups excluding tert-OH is 1. The second-order valence-corrected chi connectivity index (χ2v) is 8.58. The lowest BCUT2D eigenvalue weighted by Gasteiger charge is -2.32. The van der Waals surface area contributed by atoms with Crippen molar-refractivity contribution in [1.29, 1.82) is 0 Å². The maximum absolute atomic E-state index is 11.9. The zero-order chi connectivity index (χ0) is 17.3. The highest BCUT2D eigenvalue weighted by atomic mass is 35.5. The minimum absolute atomic E-state index is 0.0823. The molecule has 2 atom stereocenters. The number of hydrogen-bond donors (Lipinski definition) is 2. The third-order valence-electron chi connectivity index (χ3n) is 4.10. The summed E-state index contributed by atoms with van der Waals surface area (Å²) in [6, 6.07) is 13.3. The molecule has 0 radical (unpaired) electrons. The summed E-state index contributed by atoms with van der Waals surface area (Å²) in [5.41, 5.74) is 1.54. The summed E-state index contributed by atoms with van der Waals surface area (Å²) in [5.74, 6) is -0.286. The first-order valence-electron chi connectivity index (χ1n) is 7.53. The SMILES string of the molecule is O=S1(=O)C[C@@H](O)[C@H](N(Cc2cccc(Cl)c2)c2cccc(O)c2)C1. The van der Waals surface area contributed by atoms with Crippen molar-refractivity contribution in [1.82, 2.24) is 0 Å². The summed E-state index contributed by atoms with van der Waals surface area (Å²) >= 11 is 6.03. The average molecular weight is 368 g/mol. The van der Waals surface area contributed by atoms with Crippen molar-refractivity contribution >= 4 is 27.1 Å². The highest BCUT2D eigenvalue weighted by Crippen LogP contribution is 2.29. The summed E-state index contributed by atoms with van der Waals surface area (Å²) in [5, 5.41) is 20.6. The second-order valence-electron chi connectivity index (χ2n) is 5.99. The summed E-state index contributed by atoms with van der Waals surface area (Å²) in [6.07, 6.45) is -0.975. The van der Waals surface area contributed by atoms with Gasteiger partial charge in [0.15, 0.2) is 9.84 Å². The molecule has 0 aromatic heterocycles. The lowest BCUT2D eigenvalue weighted by atomic mass is 10.1. The van der Waals surface area contributed by atoms with Crippen LogP contribution in [0.25, 0.3) is 0 Å². The summed E-state index contributed by atoms with van der Waals surface area (Å²) in [7, 11) is -3.29. The highest BCUT2D eigenvalue weighted by Gasteiger charge is 2.40. The van der Waals surface area contributed by atoms with Gasteiger partial charge in [-0.15, -0.1) is 0 Å². The molecule has 0 amide bonds. The number of phenols is 1. The van der Waals surface area contributed by atoms with E-state index < -0.39 is 22.0 Å². The Kier molecular flexibility index (Phi) is 4.71. The molecule has 0 saturated carbocycles. The lowest BCUT2D eigenvalue weighted by Crippen LogP contribution is -2.42. The van der Waals surface area contributed by atoms with Crippen molar-refractivity contribution in [2.24, 2.45) is 0 Å². The molecule has 1 aliphatic rings. The Morgan fingerprint density at radius 3 is 2.50 bits per heavy atom. The first-order valence-corrected chi connectivity index (χ1v) is 9.72. The highest BCUT2D eigenvalue weighted by molar-refractivity contribution is 7.91. The van der Waals surface area contributed by atoms with E-state index in [1.54, 1.807) is 41.3 Å². The van der Waals surface area contributed by atoms with Gasteiger partial charge in [0.05, 0.1) is 23.7 Å². The smallest absolute Gasteiger partial charge is 0.155 e. The molecule has 3 rings (SSSR count). The van der Waals surface area contributed by atoms with E-state index in [1.165, 1.54) is 0 Å². The number of sulfone groups is 1. The average Bonchev–Trinajstić information content (AvgIpc) is 2.77. The van der Waals surface area contributed by atoms with Gasteiger partial charge < -0.3 is 15.1 Å². The molecular formula is C17H18ClNO4S. The predicted octanol–water partition coefficient (Wildman–Crippen LogP) is 2.21. The molecular weight excluding hydrogens is 350 g/mol. The topological polar surface area (TPSA) is 77.8 Å². The Morgan fingerprint density at radius 1 is 1.12 bits per heavy atom. The quantitative estimate of drug-likeness (QED) is 0.866. The van der Waals surface area contributed by atoms with E-state index in [0.29, 0.717) is 17.3 Å². The maximum Gasteiger partial charge on any atom is 0.155 e. The van der Waals surface area contributed by atoms with Crippen LogP contribution in [-0.4, -0.2) is 42.3 Å². The fraction of sp³-hybridized carbons (Fsp3) is 0.294. The zero-order valence-corrected chi connectivity index (χ0v) is 14.4. The Hall–Kier alpha value is -1.76. The van der Waals surface area contributed by atoms with Crippen molar-refractivity contribution in [3.63, 3.8) is 0 Å². The Morgan fingerprint density at radius 2 is 1.88 bits per heavy atom. The van der Waals surface area contributed by atoms with Crippen LogP contribution in [0.15, 0.2) is 48.5 Å². The van der Waals surface area contributed by atoms with Gasteiger partial charge >= 0.3 is 0 Å². The predicted molar refractivity (Wildman–Crippen MR) is 94.2 cm³/mol. The number of phenolic OH excluding ortho intramolecular Hbond substituents is 1. The Balaban J connectivity index is 1.98. The molecule has 2 N–H and O–H groups in total. The number of anilines is 1. The van der Waals surface area contributed by atoms with Crippen molar-refractivity contribution in [2.45, 2.75) is 18.7 Å². The minimum Gasteiger partial charge on any atom is -0.508 e. The summed E-state index contributed by atoms with van der Waals surface area (Å²) < 4.78 is 23.8. The number of aliphatic hydroxyl groups is 1. The fourth-order valence-corrected chi connectivity index (χ4v) is 5.03. The molecule has 5 nitrogen and oxygen atoms in total. The van der Waals surface area contributed by atoms with Crippen LogP contribution in [0, 0.1) is 0 Å². The van der Waals surface area contributed by atoms with Gasteiger partial charge in [-0.1, -0.05) is 29.8 Å². The third-order valence-corrected chi connectivity index (χ3v) is 6.03. The maximum atomic E-state index is 11.9. The van der Waals surface area contributed by atoms with Crippen LogP contribution >= 0.6 is 11.6 Å². The molecule has 1 saturated heterocycles. The number of aromatic hydroxyl groups is 1. The monoisotopic (exact) mass is 367 g/mol. The van der Waals surface area contributed by atoms with E-state index in [4.69, 9.17) is 11.6 Å². The third kappa shape index (κ3) is 3.83. The lowest BCUT2D eigenvalue weighted by molar-refractivity contribution is 0.177. The molecule has 0 unspecified atom stereocenters. The van der Waals surface area contributed by atoms with Gasteiger partial charge in [-0.05, 0) is 29.8 Å². The van der Waals surface area contributed by atoms with Crippen LogP contribution in [0.2, 0.25) is 5.02 Å². The van der Waals surface area contributed by atoms with Crippen LogP contribution in [0.1, 0.15) is 5.56 Å². The fourth-order valence-electron chi connectivity index (χ4n) is 3.01. The largest absolute Gasteiger partial charge is 0.508 e. The van der Waals surface area contributed by atoms with Gasteiger partial charge in [-0.3, -0.25) is 0 Å². The van der Waals surface area contributed by atoms with Crippen molar-refractivity contribution in [2.75, 3.05) is 16.4 Å². The molecule has 0 bridgehead atoms. The molecule has 0 spiro atoms. The zero-order valence-electron chi connectivity index (χ0n) is 12.8. The van der Waals surface area contributed by atoms with Gasteiger partial charge in [0.2, 0.25) is 0 Å². The summed E-state index contributed by atoms with van der Waals surface area (Å²) in [6.45, 7) is 0.376. The van der Waals surface area contributed by atoms with Crippen LogP contribution in [0.5, 0.6) is 5.75 Å². The number of nitrogens with zero attached hydrogens (tertiary/aromatic N) is 1. The molecule has 128 valence electrons. The van der Waals surface area contributed by atoms with Gasteiger partial charge in [0, 0.05) is 23.3 Å².